The number of rotatable bonds is 4. The van der Waals surface area contributed by atoms with Gasteiger partial charge in [0.05, 0.1) is 0 Å². The summed E-state index contributed by atoms with van der Waals surface area (Å²) < 4.78 is 6.27. The number of anilines is 1. The molecule has 2 aromatic rings. The summed E-state index contributed by atoms with van der Waals surface area (Å²) >= 11 is 3.36. The molecular weight excluding hydrogens is 332 g/mol. The monoisotopic (exact) mass is 348 g/mol. The Labute approximate surface area is 132 Å². The van der Waals surface area contributed by atoms with Crippen LogP contribution in [0.4, 0.5) is 5.82 Å². The van der Waals surface area contributed by atoms with Gasteiger partial charge in [-0.25, -0.2) is 9.78 Å². The van der Waals surface area contributed by atoms with Crippen molar-refractivity contribution >= 4 is 27.7 Å². The third-order valence-corrected chi connectivity index (χ3v) is 3.24. The van der Waals surface area contributed by atoms with Crippen LogP contribution in [0.1, 0.15) is 29.9 Å². The number of pyridine rings is 1. The van der Waals surface area contributed by atoms with E-state index in [0.29, 0.717) is 11.6 Å². The second-order valence-electron chi connectivity index (χ2n) is 5.01. The van der Waals surface area contributed by atoms with Crippen LogP contribution in [0.25, 0.3) is 0 Å². The van der Waals surface area contributed by atoms with Crippen molar-refractivity contribution in [2.24, 2.45) is 0 Å². The van der Waals surface area contributed by atoms with E-state index >= 15 is 0 Å². The smallest absolute Gasteiger partial charge is 0.362 e. The molecule has 1 N–H and O–H groups in total. The summed E-state index contributed by atoms with van der Waals surface area (Å²) in [4.78, 5) is 16.5. The molecule has 110 valence electrons. The maximum atomic E-state index is 12.2. The number of halogens is 1. The minimum absolute atomic E-state index is 0.246. The standard InChI is InChI=1S/C16H17BrN2O2/c1-10(2)18-15-6-4-5-13(19-15)16(20)21-14-9-12(17)8-7-11(14)3/h4-10H,1-3H3,(H,18,19). The number of benzene rings is 1. The zero-order valence-electron chi connectivity index (χ0n) is 12.2. The van der Waals surface area contributed by atoms with Crippen LogP contribution in [0.3, 0.4) is 0 Å². The summed E-state index contributed by atoms with van der Waals surface area (Å²) in [5, 5.41) is 3.16. The third kappa shape index (κ3) is 4.29. The lowest BCUT2D eigenvalue weighted by Crippen LogP contribution is -2.15. The molecule has 0 spiro atoms. The van der Waals surface area contributed by atoms with Crippen LogP contribution in [-0.4, -0.2) is 17.0 Å². The highest BCUT2D eigenvalue weighted by Crippen LogP contribution is 2.23. The fourth-order valence-electron chi connectivity index (χ4n) is 1.76. The maximum absolute atomic E-state index is 12.2. The van der Waals surface area contributed by atoms with E-state index in [1.165, 1.54) is 0 Å². The van der Waals surface area contributed by atoms with E-state index in [2.05, 4.69) is 26.2 Å². The Morgan fingerprint density at radius 1 is 1.29 bits per heavy atom. The van der Waals surface area contributed by atoms with Crippen LogP contribution < -0.4 is 10.1 Å². The number of nitrogens with zero attached hydrogens (tertiary/aromatic N) is 1. The number of ether oxygens (including phenoxy) is 1. The first-order valence-electron chi connectivity index (χ1n) is 6.67. The Morgan fingerprint density at radius 3 is 2.76 bits per heavy atom. The molecule has 0 aliphatic carbocycles. The maximum Gasteiger partial charge on any atom is 0.362 e. The molecule has 4 nitrogen and oxygen atoms in total. The van der Waals surface area contributed by atoms with E-state index in [0.717, 1.165) is 10.0 Å². The molecule has 1 aromatic carbocycles. The lowest BCUT2D eigenvalue weighted by Gasteiger charge is -2.11. The largest absolute Gasteiger partial charge is 0.421 e. The Morgan fingerprint density at radius 2 is 2.05 bits per heavy atom. The predicted octanol–water partition coefficient (Wildman–Crippen LogP) is 4.19. The van der Waals surface area contributed by atoms with Crippen LogP contribution in [0, 0.1) is 6.92 Å². The van der Waals surface area contributed by atoms with E-state index in [9.17, 15) is 4.79 Å². The minimum Gasteiger partial charge on any atom is -0.421 e. The van der Waals surface area contributed by atoms with Gasteiger partial charge in [-0.15, -0.1) is 0 Å². The third-order valence-electron chi connectivity index (χ3n) is 2.75. The number of aromatic nitrogens is 1. The second-order valence-corrected chi connectivity index (χ2v) is 5.92. The van der Waals surface area contributed by atoms with Crippen LogP contribution >= 0.6 is 15.9 Å². The number of esters is 1. The molecule has 5 heteroatoms. The van der Waals surface area contributed by atoms with Gasteiger partial charge in [-0.1, -0.05) is 28.1 Å². The molecule has 0 saturated heterocycles. The van der Waals surface area contributed by atoms with Gasteiger partial charge >= 0.3 is 5.97 Å². The van der Waals surface area contributed by atoms with Crippen LogP contribution in [0.2, 0.25) is 0 Å². The molecule has 0 radical (unpaired) electrons. The summed E-state index contributed by atoms with van der Waals surface area (Å²) in [6.07, 6.45) is 0. The van der Waals surface area contributed by atoms with Gasteiger partial charge < -0.3 is 10.1 Å². The molecule has 2 rings (SSSR count). The van der Waals surface area contributed by atoms with Gasteiger partial charge in [-0.05, 0) is 50.6 Å². The number of carbonyl (C=O) groups excluding carboxylic acids is 1. The Kier molecular flexibility index (Phi) is 4.96. The SMILES string of the molecule is Cc1ccc(Br)cc1OC(=O)c1cccc(NC(C)C)n1. The zero-order valence-corrected chi connectivity index (χ0v) is 13.8. The lowest BCUT2D eigenvalue weighted by molar-refractivity contribution is 0.0727. The van der Waals surface area contributed by atoms with E-state index in [4.69, 9.17) is 4.74 Å². The minimum atomic E-state index is -0.469. The molecule has 0 unspecified atom stereocenters. The summed E-state index contributed by atoms with van der Waals surface area (Å²) in [7, 11) is 0. The Balaban J connectivity index is 2.18. The predicted molar refractivity (Wildman–Crippen MR) is 86.8 cm³/mol. The van der Waals surface area contributed by atoms with E-state index in [-0.39, 0.29) is 11.7 Å². The lowest BCUT2D eigenvalue weighted by atomic mass is 10.2. The van der Waals surface area contributed by atoms with Crippen molar-refractivity contribution in [2.45, 2.75) is 26.8 Å². The molecule has 0 amide bonds. The van der Waals surface area contributed by atoms with Gasteiger partial charge in [-0.3, -0.25) is 0 Å². The summed E-state index contributed by atoms with van der Waals surface area (Å²) in [5.74, 6) is 0.715. The zero-order chi connectivity index (χ0) is 15.4. The number of carbonyl (C=O) groups is 1. The van der Waals surface area contributed by atoms with Gasteiger partial charge in [0.2, 0.25) is 0 Å². The molecule has 1 aromatic heterocycles. The molecule has 0 fully saturated rings. The summed E-state index contributed by atoms with van der Waals surface area (Å²) in [5.41, 5.74) is 1.17. The van der Waals surface area contributed by atoms with Crippen molar-refractivity contribution in [2.75, 3.05) is 5.32 Å². The van der Waals surface area contributed by atoms with Crippen molar-refractivity contribution in [3.05, 3.63) is 52.1 Å². The van der Waals surface area contributed by atoms with Crippen LogP contribution in [0.15, 0.2) is 40.9 Å². The van der Waals surface area contributed by atoms with Gasteiger partial charge in [-0.2, -0.15) is 0 Å². The highest BCUT2D eigenvalue weighted by Gasteiger charge is 2.13. The van der Waals surface area contributed by atoms with Crippen molar-refractivity contribution in [3.63, 3.8) is 0 Å². The fraction of sp³-hybridized carbons (Fsp3) is 0.250. The number of hydrogen-bond donors (Lipinski definition) is 1. The average molecular weight is 349 g/mol. The molecule has 0 atom stereocenters. The molecule has 0 bridgehead atoms. The second kappa shape index (κ2) is 6.72. The Hall–Kier alpha value is -1.88. The number of aryl methyl sites for hydroxylation is 1. The Bertz CT molecular complexity index is 656. The number of hydrogen-bond acceptors (Lipinski definition) is 4. The normalized spacial score (nSPS) is 10.5. The summed E-state index contributed by atoms with van der Waals surface area (Å²) in [6, 6.07) is 11.0. The van der Waals surface area contributed by atoms with Gasteiger partial charge in [0, 0.05) is 10.5 Å². The first kappa shape index (κ1) is 15.5. The summed E-state index contributed by atoms with van der Waals surface area (Å²) in [6.45, 7) is 5.91. The van der Waals surface area contributed by atoms with Crippen molar-refractivity contribution in [1.29, 1.82) is 0 Å². The van der Waals surface area contributed by atoms with E-state index in [1.54, 1.807) is 18.2 Å². The fourth-order valence-corrected chi connectivity index (χ4v) is 2.10. The average Bonchev–Trinajstić information content (AvgIpc) is 2.42. The topological polar surface area (TPSA) is 51.2 Å². The van der Waals surface area contributed by atoms with Crippen LogP contribution in [0.5, 0.6) is 5.75 Å². The van der Waals surface area contributed by atoms with Crippen molar-refractivity contribution < 1.29 is 9.53 Å². The molecule has 0 aliphatic heterocycles. The molecule has 1 heterocycles. The molecule has 21 heavy (non-hydrogen) atoms. The van der Waals surface area contributed by atoms with E-state index in [1.807, 2.05) is 39.0 Å². The highest BCUT2D eigenvalue weighted by molar-refractivity contribution is 9.10. The first-order chi connectivity index (χ1) is 9.95. The van der Waals surface area contributed by atoms with Crippen LogP contribution in [-0.2, 0) is 0 Å². The van der Waals surface area contributed by atoms with Crippen molar-refractivity contribution in [3.8, 4) is 5.75 Å². The first-order valence-corrected chi connectivity index (χ1v) is 7.47. The van der Waals surface area contributed by atoms with Gasteiger partial charge in [0.1, 0.15) is 11.6 Å². The molecule has 0 saturated carbocycles. The molecule has 0 aliphatic rings. The van der Waals surface area contributed by atoms with Gasteiger partial charge in [0.25, 0.3) is 0 Å². The van der Waals surface area contributed by atoms with E-state index < -0.39 is 5.97 Å². The van der Waals surface area contributed by atoms with Crippen molar-refractivity contribution in [1.82, 2.24) is 4.98 Å². The highest BCUT2D eigenvalue weighted by atomic mass is 79.9. The quantitative estimate of drug-likeness (QED) is 0.664. The van der Waals surface area contributed by atoms with Gasteiger partial charge in [0.15, 0.2) is 5.69 Å². The molecular formula is C16H17BrN2O2. The number of nitrogens with one attached hydrogen (secondary N) is 1.